The van der Waals surface area contributed by atoms with Crippen LogP contribution in [0.3, 0.4) is 0 Å². The smallest absolute Gasteiger partial charge is 0.250 e. The van der Waals surface area contributed by atoms with E-state index in [-0.39, 0.29) is 17.7 Å². The summed E-state index contributed by atoms with van der Waals surface area (Å²) in [6, 6.07) is 0. The van der Waals surface area contributed by atoms with E-state index in [1.807, 2.05) is 4.90 Å². The van der Waals surface area contributed by atoms with Crippen LogP contribution in [0.5, 0.6) is 0 Å². The van der Waals surface area contributed by atoms with Crippen molar-refractivity contribution in [3.8, 4) is 0 Å². The van der Waals surface area contributed by atoms with Crippen LogP contribution >= 0.6 is 0 Å². The average molecular weight is 716 g/mol. The monoisotopic (exact) mass is 716 g/mol. The highest BCUT2D eigenvalue weighted by Crippen LogP contribution is 2.31. The molecule has 1 saturated heterocycles. The lowest BCUT2D eigenvalue weighted by molar-refractivity contribution is -0.182. The van der Waals surface area contributed by atoms with Crippen LogP contribution in [0.1, 0.15) is 194 Å². The first-order chi connectivity index (χ1) is 24.9. The van der Waals surface area contributed by atoms with Gasteiger partial charge in [-0.2, -0.15) is 0 Å². The SMILES string of the molecule is CCCCC/C=C\CCCC(CCC/C=C\CCCCC)C(=O)N(CCCN(C)C)C1(C(=O)NCCCCCCCCCCCCCC)COC1. The number of hydrogen-bond donors (Lipinski definition) is 1. The molecular weight excluding hydrogens is 631 g/mol. The predicted octanol–water partition coefficient (Wildman–Crippen LogP) is 11.6. The predicted molar refractivity (Wildman–Crippen MR) is 220 cm³/mol. The minimum Gasteiger partial charge on any atom is -0.375 e. The molecule has 2 amide bonds. The molecule has 1 fully saturated rings. The van der Waals surface area contributed by atoms with E-state index < -0.39 is 5.54 Å². The van der Waals surface area contributed by atoms with Crippen LogP contribution in [0.25, 0.3) is 0 Å². The lowest BCUT2D eigenvalue weighted by Gasteiger charge is -2.49. The minimum absolute atomic E-state index is 0.0150. The molecule has 0 radical (unpaired) electrons. The molecule has 1 rings (SSSR count). The number of hydrogen-bond acceptors (Lipinski definition) is 4. The van der Waals surface area contributed by atoms with Crippen LogP contribution in [-0.2, 0) is 14.3 Å². The van der Waals surface area contributed by atoms with Gasteiger partial charge in [0.15, 0.2) is 5.54 Å². The summed E-state index contributed by atoms with van der Waals surface area (Å²) in [5, 5.41) is 3.25. The molecule has 0 aromatic heterocycles. The van der Waals surface area contributed by atoms with Gasteiger partial charge in [0.25, 0.3) is 5.91 Å². The summed E-state index contributed by atoms with van der Waals surface area (Å²) < 4.78 is 5.74. The first-order valence-corrected chi connectivity index (χ1v) is 22.0. The van der Waals surface area contributed by atoms with E-state index >= 15 is 0 Å². The lowest BCUT2D eigenvalue weighted by atomic mass is 9.88. The molecule has 0 aliphatic carbocycles. The van der Waals surface area contributed by atoms with E-state index in [4.69, 9.17) is 4.74 Å². The minimum atomic E-state index is -0.878. The standard InChI is InChI=1S/C45H85N3O3/c1-6-9-12-15-18-21-22-23-24-27-30-33-37-46-44(50)45(40-51-41-45)48(39-34-38-47(4)5)43(49)42(35-31-28-25-19-16-13-10-7-2)36-32-29-26-20-17-14-11-8-3/h19-20,25-26,42H,6-18,21-24,27-41H2,1-5H3,(H,46,50)/b25-19-,26-20-. The highest BCUT2D eigenvalue weighted by molar-refractivity contribution is 5.93. The maximum Gasteiger partial charge on any atom is 0.250 e. The number of amides is 2. The van der Waals surface area contributed by atoms with E-state index in [9.17, 15) is 9.59 Å². The summed E-state index contributed by atoms with van der Waals surface area (Å²) in [4.78, 5) is 32.6. The summed E-state index contributed by atoms with van der Waals surface area (Å²) in [5.41, 5.74) is -0.878. The van der Waals surface area contributed by atoms with Gasteiger partial charge in [0.1, 0.15) is 0 Å². The van der Waals surface area contributed by atoms with Crippen molar-refractivity contribution in [1.29, 1.82) is 0 Å². The van der Waals surface area contributed by atoms with Gasteiger partial charge in [-0.15, -0.1) is 0 Å². The zero-order chi connectivity index (χ0) is 37.3. The molecule has 51 heavy (non-hydrogen) atoms. The fraction of sp³-hybridized carbons (Fsp3) is 0.867. The fourth-order valence-corrected chi connectivity index (χ4v) is 7.19. The number of nitrogens with one attached hydrogen (secondary N) is 1. The second-order valence-electron chi connectivity index (χ2n) is 15.8. The molecule has 1 aliphatic rings. The van der Waals surface area contributed by atoms with Gasteiger partial charge in [-0.25, -0.2) is 0 Å². The van der Waals surface area contributed by atoms with Crippen molar-refractivity contribution in [3.63, 3.8) is 0 Å². The Morgan fingerprint density at radius 2 is 1.02 bits per heavy atom. The summed E-state index contributed by atoms with van der Waals surface area (Å²) in [6.07, 6.45) is 41.4. The molecule has 0 atom stereocenters. The van der Waals surface area contributed by atoms with Gasteiger partial charge >= 0.3 is 0 Å². The van der Waals surface area contributed by atoms with Crippen LogP contribution < -0.4 is 5.32 Å². The van der Waals surface area contributed by atoms with Gasteiger partial charge < -0.3 is 19.9 Å². The molecular formula is C45H85N3O3. The zero-order valence-corrected chi connectivity index (χ0v) is 34.6. The van der Waals surface area contributed by atoms with Gasteiger partial charge in [0.2, 0.25) is 5.91 Å². The summed E-state index contributed by atoms with van der Waals surface area (Å²) in [5.74, 6) is 0.0863. The molecule has 0 aromatic rings. The number of ether oxygens (including phenoxy) is 1. The Morgan fingerprint density at radius 1 is 0.588 bits per heavy atom. The Labute approximate surface area is 317 Å². The number of unbranched alkanes of at least 4 members (excludes halogenated alkanes) is 19. The van der Waals surface area contributed by atoms with Crippen LogP contribution in [0.4, 0.5) is 0 Å². The van der Waals surface area contributed by atoms with Crippen LogP contribution in [0.15, 0.2) is 24.3 Å². The van der Waals surface area contributed by atoms with E-state index in [1.165, 1.54) is 103 Å². The number of nitrogens with zero attached hydrogens (tertiary/aromatic N) is 2. The molecule has 0 bridgehead atoms. The topological polar surface area (TPSA) is 61.9 Å². The first-order valence-electron chi connectivity index (χ1n) is 22.0. The largest absolute Gasteiger partial charge is 0.375 e. The molecule has 1 aliphatic heterocycles. The Bertz CT molecular complexity index is 856. The fourth-order valence-electron chi connectivity index (χ4n) is 7.19. The lowest BCUT2D eigenvalue weighted by Crippen LogP contribution is -2.72. The molecule has 6 heteroatoms. The van der Waals surface area contributed by atoms with Crippen molar-refractivity contribution in [2.45, 2.75) is 200 Å². The molecule has 1 heterocycles. The maximum atomic E-state index is 14.6. The van der Waals surface area contributed by atoms with E-state index in [2.05, 4.69) is 69.4 Å². The van der Waals surface area contributed by atoms with Gasteiger partial charge in [-0.3, -0.25) is 9.59 Å². The number of allylic oxidation sites excluding steroid dienone is 4. The van der Waals surface area contributed by atoms with Crippen LogP contribution in [0.2, 0.25) is 0 Å². The van der Waals surface area contributed by atoms with E-state index in [0.29, 0.717) is 26.3 Å². The summed E-state index contributed by atoms with van der Waals surface area (Å²) in [6.45, 7) is 9.54. The molecule has 6 nitrogen and oxygen atoms in total. The number of carbonyl (C=O) groups is 2. The van der Waals surface area contributed by atoms with Gasteiger partial charge in [-0.05, 0) is 97.7 Å². The third-order valence-electron chi connectivity index (χ3n) is 10.7. The van der Waals surface area contributed by atoms with Crippen molar-refractivity contribution < 1.29 is 14.3 Å². The molecule has 0 aromatic carbocycles. The molecule has 0 saturated carbocycles. The van der Waals surface area contributed by atoms with Gasteiger partial charge in [0, 0.05) is 19.0 Å². The Morgan fingerprint density at radius 3 is 1.45 bits per heavy atom. The van der Waals surface area contributed by atoms with E-state index in [0.717, 1.165) is 77.2 Å². The Hall–Kier alpha value is -1.66. The summed E-state index contributed by atoms with van der Waals surface area (Å²) in [7, 11) is 4.15. The van der Waals surface area contributed by atoms with Crippen molar-refractivity contribution in [1.82, 2.24) is 15.1 Å². The highest BCUT2D eigenvalue weighted by atomic mass is 16.5. The van der Waals surface area contributed by atoms with Crippen molar-refractivity contribution >= 4 is 11.8 Å². The van der Waals surface area contributed by atoms with Gasteiger partial charge in [-0.1, -0.05) is 141 Å². The second kappa shape index (κ2) is 32.9. The van der Waals surface area contributed by atoms with Crippen molar-refractivity contribution in [2.24, 2.45) is 5.92 Å². The Balaban J connectivity index is 2.79. The third-order valence-corrected chi connectivity index (χ3v) is 10.7. The third kappa shape index (κ3) is 22.9. The molecule has 298 valence electrons. The molecule has 1 N–H and O–H groups in total. The second-order valence-corrected chi connectivity index (χ2v) is 15.8. The first kappa shape index (κ1) is 47.4. The van der Waals surface area contributed by atoms with Crippen molar-refractivity contribution in [3.05, 3.63) is 24.3 Å². The maximum absolute atomic E-state index is 14.6. The zero-order valence-electron chi connectivity index (χ0n) is 34.6. The highest BCUT2D eigenvalue weighted by Gasteiger charge is 2.53. The quantitative estimate of drug-likeness (QED) is 0.0518. The van der Waals surface area contributed by atoms with E-state index in [1.54, 1.807) is 0 Å². The average Bonchev–Trinajstić information content (AvgIpc) is 3.10. The summed E-state index contributed by atoms with van der Waals surface area (Å²) >= 11 is 0. The normalized spacial score (nSPS) is 14.3. The van der Waals surface area contributed by atoms with Crippen LogP contribution in [0, 0.1) is 5.92 Å². The number of carbonyl (C=O) groups excluding carboxylic acids is 2. The number of rotatable bonds is 36. The van der Waals surface area contributed by atoms with Crippen LogP contribution in [-0.4, -0.2) is 74.1 Å². The van der Waals surface area contributed by atoms with Gasteiger partial charge in [0.05, 0.1) is 13.2 Å². The molecule has 0 unspecified atom stereocenters. The molecule has 0 spiro atoms. The van der Waals surface area contributed by atoms with Crippen molar-refractivity contribution in [2.75, 3.05) is 46.9 Å². The Kier molecular flexibility index (Phi) is 30.6.